The van der Waals surface area contributed by atoms with Gasteiger partial charge >= 0.3 is 0 Å². The van der Waals surface area contributed by atoms with E-state index in [-0.39, 0.29) is 22.7 Å². The molecule has 1 aliphatic rings. The summed E-state index contributed by atoms with van der Waals surface area (Å²) in [6.45, 7) is 1.26. The molecule has 1 heterocycles. The van der Waals surface area contributed by atoms with Gasteiger partial charge in [-0.15, -0.1) is 0 Å². The van der Waals surface area contributed by atoms with Crippen LogP contribution in [-0.4, -0.2) is 47.4 Å². The summed E-state index contributed by atoms with van der Waals surface area (Å²) in [5, 5.41) is 7.68. The largest absolute Gasteiger partial charge is 0.378 e. The Morgan fingerprint density at radius 1 is 1.48 bits per heavy atom. The van der Waals surface area contributed by atoms with Crippen LogP contribution in [-0.2, 0) is 6.54 Å². The zero-order valence-electron chi connectivity index (χ0n) is 12.7. The summed E-state index contributed by atoms with van der Waals surface area (Å²) in [7, 11) is 3.90. The van der Waals surface area contributed by atoms with E-state index in [4.69, 9.17) is 17.3 Å². The number of nitrogens with zero attached hydrogens (tertiary/aromatic N) is 3. The number of rotatable bonds is 5. The van der Waals surface area contributed by atoms with Gasteiger partial charge in [0.1, 0.15) is 5.02 Å². The first-order chi connectivity index (χ1) is 9.99. The van der Waals surface area contributed by atoms with Crippen LogP contribution in [0.3, 0.4) is 0 Å². The topological polar surface area (TPSA) is 76.2 Å². The molecular formula is C14H24ClN5O. The molecule has 21 heavy (non-hydrogen) atoms. The van der Waals surface area contributed by atoms with E-state index in [0.717, 1.165) is 32.2 Å². The third kappa shape index (κ3) is 4.18. The number of hydrogen-bond donors (Lipinski definition) is 2. The molecule has 2 atom stereocenters. The second kappa shape index (κ2) is 7.24. The highest BCUT2D eigenvalue weighted by Crippen LogP contribution is 2.23. The number of halogens is 1. The summed E-state index contributed by atoms with van der Waals surface area (Å²) in [6, 6.07) is 0.265. The van der Waals surface area contributed by atoms with Crippen LogP contribution in [0.25, 0.3) is 0 Å². The Bertz CT molecular complexity index is 531. The first-order valence-corrected chi connectivity index (χ1v) is 7.79. The molecule has 1 aromatic rings. The van der Waals surface area contributed by atoms with E-state index in [1.165, 1.54) is 4.68 Å². The second-order valence-electron chi connectivity index (χ2n) is 5.90. The van der Waals surface area contributed by atoms with Crippen LogP contribution in [0.4, 0.5) is 5.69 Å². The molecule has 0 unspecified atom stereocenters. The molecule has 6 nitrogen and oxygen atoms in total. The molecule has 0 radical (unpaired) electrons. The maximum absolute atomic E-state index is 12.2. The zero-order valence-corrected chi connectivity index (χ0v) is 13.4. The van der Waals surface area contributed by atoms with Gasteiger partial charge in [0.25, 0.3) is 5.56 Å². The minimum absolute atomic E-state index is 0.103. The predicted octanol–water partition coefficient (Wildman–Crippen LogP) is 1.14. The van der Waals surface area contributed by atoms with E-state index >= 15 is 0 Å². The Morgan fingerprint density at radius 3 is 2.86 bits per heavy atom. The van der Waals surface area contributed by atoms with Gasteiger partial charge in [-0.1, -0.05) is 24.4 Å². The normalized spacial score (nSPS) is 22.5. The molecule has 1 fully saturated rings. The maximum atomic E-state index is 12.2. The van der Waals surface area contributed by atoms with Crippen LogP contribution in [0.5, 0.6) is 0 Å². The molecule has 0 spiro atoms. The number of aromatic nitrogens is 2. The number of likely N-dealkylation sites (N-methyl/N-ethyl adjacent to an activating group) is 1. The van der Waals surface area contributed by atoms with E-state index in [9.17, 15) is 4.79 Å². The van der Waals surface area contributed by atoms with E-state index in [1.807, 2.05) is 19.0 Å². The standard InChI is InChI=1S/C14H24ClN5O/c1-19(2)7-8-20-14(21)13(15)12(9-17-20)18-11-6-4-3-5-10(11)16/h9-11,18H,3-8,16H2,1-2H3/t10-,11-/m1/s1. The summed E-state index contributed by atoms with van der Waals surface area (Å²) < 4.78 is 1.40. The Morgan fingerprint density at radius 2 is 2.19 bits per heavy atom. The van der Waals surface area contributed by atoms with Crippen molar-refractivity contribution in [1.82, 2.24) is 14.7 Å². The number of anilines is 1. The molecule has 0 aromatic carbocycles. The predicted molar refractivity (Wildman–Crippen MR) is 85.9 cm³/mol. The van der Waals surface area contributed by atoms with Gasteiger partial charge < -0.3 is 16.0 Å². The van der Waals surface area contributed by atoms with Crippen molar-refractivity contribution in [3.8, 4) is 0 Å². The van der Waals surface area contributed by atoms with Crippen LogP contribution in [0, 0.1) is 0 Å². The fourth-order valence-electron chi connectivity index (χ4n) is 2.56. The molecule has 3 N–H and O–H groups in total. The molecule has 2 rings (SSSR count). The smallest absolute Gasteiger partial charge is 0.287 e. The summed E-state index contributed by atoms with van der Waals surface area (Å²) in [6.07, 6.45) is 5.94. The number of nitrogens with two attached hydrogens (primary N) is 1. The summed E-state index contributed by atoms with van der Waals surface area (Å²) in [5.74, 6) is 0. The molecule has 0 aliphatic heterocycles. The van der Waals surface area contributed by atoms with Crippen molar-refractivity contribution in [3.63, 3.8) is 0 Å². The van der Waals surface area contributed by atoms with E-state index in [2.05, 4.69) is 10.4 Å². The van der Waals surface area contributed by atoms with Gasteiger partial charge in [-0.3, -0.25) is 4.79 Å². The second-order valence-corrected chi connectivity index (χ2v) is 6.28. The Labute approximate surface area is 130 Å². The van der Waals surface area contributed by atoms with Crippen LogP contribution < -0.4 is 16.6 Å². The summed E-state index contributed by atoms with van der Waals surface area (Å²) in [5.41, 5.74) is 6.44. The van der Waals surface area contributed by atoms with Crippen molar-refractivity contribution in [2.24, 2.45) is 5.73 Å². The molecule has 1 saturated carbocycles. The average molecular weight is 314 g/mol. The lowest BCUT2D eigenvalue weighted by atomic mass is 9.91. The number of hydrogen-bond acceptors (Lipinski definition) is 5. The average Bonchev–Trinajstić information content (AvgIpc) is 2.45. The Balaban J connectivity index is 2.11. The fourth-order valence-corrected chi connectivity index (χ4v) is 2.76. The maximum Gasteiger partial charge on any atom is 0.287 e. The first-order valence-electron chi connectivity index (χ1n) is 7.41. The Hall–Kier alpha value is -1.11. The molecule has 0 amide bonds. The molecule has 1 aliphatic carbocycles. The highest BCUT2D eigenvalue weighted by Gasteiger charge is 2.23. The number of nitrogens with one attached hydrogen (secondary N) is 1. The van der Waals surface area contributed by atoms with Crippen molar-refractivity contribution in [3.05, 3.63) is 21.6 Å². The van der Waals surface area contributed by atoms with Crippen LogP contribution >= 0.6 is 11.6 Å². The van der Waals surface area contributed by atoms with E-state index in [0.29, 0.717) is 12.2 Å². The van der Waals surface area contributed by atoms with E-state index in [1.54, 1.807) is 6.20 Å². The van der Waals surface area contributed by atoms with Gasteiger partial charge in [0.15, 0.2) is 0 Å². The van der Waals surface area contributed by atoms with Gasteiger partial charge in [0.2, 0.25) is 0 Å². The van der Waals surface area contributed by atoms with Crippen molar-refractivity contribution in [1.29, 1.82) is 0 Å². The SMILES string of the molecule is CN(C)CCn1ncc(N[C@@H]2CCCC[C@H]2N)c(Cl)c1=O. The monoisotopic (exact) mass is 313 g/mol. The van der Waals surface area contributed by atoms with Crippen molar-refractivity contribution < 1.29 is 0 Å². The van der Waals surface area contributed by atoms with Gasteiger partial charge in [0, 0.05) is 18.6 Å². The first kappa shape index (κ1) is 16.3. The van der Waals surface area contributed by atoms with Gasteiger partial charge in [-0.2, -0.15) is 5.10 Å². The van der Waals surface area contributed by atoms with Gasteiger partial charge in [0.05, 0.1) is 18.4 Å². The molecule has 0 bridgehead atoms. The molecular weight excluding hydrogens is 290 g/mol. The minimum atomic E-state index is -0.257. The molecule has 7 heteroatoms. The lowest BCUT2D eigenvalue weighted by Crippen LogP contribution is -2.43. The third-order valence-electron chi connectivity index (χ3n) is 3.90. The third-order valence-corrected chi connectivity index (χ3v) is 4.27. The van der Waals surface area contributed by atoms with E-state index < -0.39 is 0 Å². The molecule has 118 valence electrons. The zero-order chi connectivity index (χ0) is 15.4. The van der Waals surface area contributed by atoms with Crippen molar-refractivity contribution >= 4 is 17.3 Å². The van der Waals surface area contributed by atoms with Crippen LogP contribution in [0.15, 0.2) is 11.0 Å². The highest BCUT2D eigenvalue weighted by molar-refractivity contribution is 6.32. The van der Waals surface area contributed by atoms with Crippen molar-refractivity contribution in [2.45, 2.75) is 44.3 Å². The quantitative estimate of drug-likeness (QED) is 0.852. The minimum Gasteiger partial charge on any atom is -0.378 e. The summed E-state index contributed by atoms with van der Waals surface area (Å²) >= 11 is 6.19. The lowest BCUT2D eigenvalue weighted by Gasteiger charge is -2.30. The van der Waals surface area contributed by atoms with Crippen LogP contribution in [0.2, 0.25) is 5.02 Å². The van der Waals surface area contributed by atoms with Gasteiger partial charge in [-0.05, 0) is 26.9 Å². The van der Waals surface area contributed by atoms with Gasteiger partial charge in [-0.25, -0.2) is 4.68 Å². The van der Waals surface area contributed by atoms with Crippen molar-refractivity contribution in [2.75, 3.05) is 26.0 Å². The lowest BCUT2D eigenvalue weighted by molar-refractivity contribution is 0.367. The van der Waals surface area contributed by atoms with Crippen LogP contribution in [0.1, 0.15) is 25.7 Å². The highest BCUT2D eigenvalue weighted by atomic mass is 35.5. The molecule has 0 saturated heterocycles. The molecule has 1 aromatic heterocycles. The Kier molecular flexibility index (Phi) is 5.61. The summed E-state index contributed by atoms with van der Waals surface area (Å²) in [4.78, 5) is 14.2. The fraction of sp³-hybridized carbons (Fsp3) is 0.714.